The number of aryl methyl sites for hydroxylation is 2. The molecule has 0 bridgehead atoms. The first-order valence-corrected chi connectivity index (χ1v) is 10.6. The Morgan fingerprint density at radius 2 is 1.74 bits per heavy atom. The van der Waals surface area contributed by atoms with Crippen LogP contribution in [0.4, 0.5) is 11.4 Å². The Hall–Kier alpha value is -2.93. The Morgan fingerprint density at radius 3 is 2.26 bits per heavy atom. The van der Waals surface area contributed by atoms with E-state index >= 15 is 0 Å². The molecule has 1 aliphatic rings. The van der Waals surface area contributed by atoms with E-state index in [2.05, 4.69) is 19.2 Å². The van der Waals surface area contributed by atoms with Gasteiger partial charge < -0.3 is 14.8 Å². The first-order valence-electron chi connectivity index (χ1n) is 10.6. The highest BCUT2D eigenvalue weighted by molar-refractivity contribution is 5.99. The summed E-state index contributed by atoms with van der Waals surface area (Å²) in [6.07, 6.45) is 1.04. The van der Waals surface area contributed by atoms with Gasteiger partial charge in [-0.15, -0.1) is 0 Å². The maximum absolute atomic E-state index is 13.5. The molecule has 3 rings (SSSR count). The van der Waals surface area contributed by atoms with Crippen LogP contribution >= 0.6 is 0 Å². The fraction of sp³-hybridized carbons (Fsp3) is 0.458. The first-order chi connectivity index (χ1) is 14.7. The van der Waals surface area contributed by atoms with Gasteiger partial charge in [0.15, 0.2) is 0 Å². The third kappa shape index (κ3) is 5.05. The highest BCUT2D eigenvalue weighted by atomic mass is 16.6. The Bertz CT molecular complexity index is 924. The molecule has 1 amide bonds. The molecule has 2 aromatic rings. The van der Waals surface area contributed by atoms with Gasteiger partial charge in [0, 0.05) is 31.0 Å². The maximum Gasteiger partial charge on any atom is 0.269 e. The Labute approximate surface area is 182 Å². The number of carbonyl (C=O) groups is 1. The molecule has 0 aromatic heterocycles. The molecule has 166 valence electrons. The fourth-order valence-electron chi connectivity index (χ4n) is 4.02. The number of hydrogen-bond donors (Lipinski definition) is 1. The SMILES string of the molecule is Cc1cc(NC(=O)C2(c3ccc([N+](=O)[O-])cc3)CCOCC2)cc(C)c1OCC(C)C. The molecule has 31 heavy (non-hydrogen) atoms. The van der Waals surface area contributed by atoms with Crippen LogP contribution in [0.2, 0.25) is 0 Å². The van der Waals surface area contributed by atoms with E-state index in [0.717, 1.165) is 22.4 Å². The van der Waals surface area contributed by atoms with Gasteiger partial charge in [-0.25, -0.2) is 0 Å². The van der Waals surface area contributed by atoms with Gasteiger partial charge in [0.2, 0.25) is 5.91 Å². The van der Waals surface area contributed by atoms with Crippen molar-refractivity contribution in [1.29, 1.82) is 0 Å². The normalized spacial score (nSPS) is 15.5. The number of anilines is 1. The molecule has 0 spiro atoms. The molecule has 1 heterocycles. The molecule has 0 saturated carbocycles. The highest BCUT2D eigenvalue weighted by Crippen LogP contribution is 2.37. The number of benzene rings is 2. The van der Waals surface area contributed by atoms with E-state index in [4.69, 9.17) is 9.47 Å². The minimum absolute atomic E-state index is 0.00889. The molecule has 0 unspecified atom stereocenters. The van der Waals surface area contributed by atoms with Gasteiger partial charge in [-0.2, -0.15) is 0 Å². The number of ether oxygens (including phenoxy) is 2. The van der Waals surface area contributed by atoms with Crippen LogP contribution in [0.1, 0.15) is 43.4 Å². The molecule has 0 atom stereocenters. The van der Waals surface area contributed by atoms with Crippen molar-refractivity contribution in [2.24, 2.45) is 5.92 Å². The zero-order valence-corrected chi connectivity index (χ0v) is 18.6. The van der Waals surface area contributed by atoms with Crippen molar-refractivity contribution >= 4 is 17.3 Å². The summed E-state index contributed by atoms with van der Waals surface area (Å²) in [7, 11) is 0. The monoisotopic (exact) mass is 426 g/mol. The highest BCUT2D eigenvalue weighted by Gasteiger charge is 2.42. The fourth-order valence-corrected chi connectivity index (χ4v) is 4.02. The maximum atomic E-state index is 13.5. The van der Waals surface area contributed by atoms with E-state index in [0.29, 0.717) is 44.3 Å². The number of nitro groups is 1. The summed E-state index contributed by atoms with van der Waals surface area (Å²) in [6.45, 7) is 9.71. The summed E-state index contributed by atoms with van der Waals surface area (Å²) in [5.41, 5.74) is 2.63. The quantitative estimate of drug-likeness (QED) is 0.501. The third-order valence-corrected chi connectivity index (χ3v) is 5.69. The zero-order valence-electron chi connectivity index (χ0n) is 18.6. The zero-order chi connectivity index (χ0) is 22.6. The van der Waals surface area contributed by atoms with Crippen molar-refractivity contribution in [3.05, 3.63) is 63.2 Å². The Morgan fingerprint density at radius 1 is 1.16 bits per heavy atom. The molecule has 7 heteroatoms. The lowest BCUT2D eigenvalue weighted by Gasteiger charge is -2.36. The summed E-state index contributed by atoms with van der Waals surface area (Å²) >= 11 is 0. The largest absolute Gasteiger partial charge is 0.493 e. The minimum Gasteiger partial charge on any atom is -0.493 e. The van der Waals surface area contributed by atoms with Crippen LogP contribution in [0.15, 0.2) is 36.4 Å². The molecule has 2 aromatic carbocycles. The van der Waals surface area contributed by atoms with E-state index in [1.54, 1.807) is 12.1 Å². The summed E-state index contributed by atoms with van der Waals surface area (Å²) in [6, 6.07) is 10.1. The van der Waals surface area contributed by atoms with Crippen LogP contribution < -0.4 is 10.1 Å². The molecule has 0 radical (unpaired) electrons. The molecule has 0 aliphatic carbocycles. The number of nitrogens with one attached hydrogen (secondary N) is 1. The molecule has 7 nitrogen and oxygen atoms in total. The average Bonchev–Trinajstić information content (AvgIpc) is 2.73. The van der Waals surface area contributed by atoms with Crippen LogP contribution in [0.5, 0.6) is 5.75 Å². The van der Waals surface area contributed by atoms with E-state index in [1.807, 2.05) is 26.0 Å². The third-order valence-electron chi connectivity index (χ3n) is 5.69. The molecular formula is C24H30N2O5. The second-order valence-electron chi connectivity index (χ2n) is 8.60. The topological polar surface area (TPSA) is 90.7 Å². The Kier molecular flexibility index (Phi) is 6.95. The van der Waals surface area contributed by atoms with Crippen molar-refractivity contribution < 1.29 is 19.2 Å². The van der Waals surface area contributed by atoms with E-state index in [9.17, 15) is 14.9 Å². The summed E-state index contributed by atoms with van der Waals surface area (Å²) in [4.78, 5) is 24.1. The van der Waals surface area contributed by atoms with Gasteiger partial charge in [0.1, 0.15) is 5.75 Å². The lowest BCUT2D eigenvalue weighted by atomic mass is 9.73. The van der Waals surface area contributed by atoms with Gasteiger partial charge in [-0.05, 0) is 61.4 Å². The number of nitrogens with zero attached hydrogens (tertiary/aromatic N) is 1. The number of hydrogen-bond acceptors (Lipinski definition) is 5. The van der Waals surface area contributed by atoms with Gasteiger partial charge >= 0.3 is 0 Å². The van der Waals surface area contributed by atoms with Gasteiger partial charge in [-0.1, -0.05) is 26.0 Å². The van der Waals surface area contributed by atoms with Crippen LogP contribution in [-0.4, -0.2) is 30.7 Å². The van der Waals surface area contributed by atoms with Crippen molar-refractivity contribution in [3.8, 4) is 5.75 Å². The standard InChI is InChI=1S/C24H30N2O5/c1-16(2)15-31-22-17(3)13-20(14-18(22)4)25-23(27)24(9-11-30-12-10-24)19-5-7-21(8-6-19)26(28)29/h5-8,13-14,16H,9-12,15H2,1-4H3,(H,25,27). The van der Waals surface area contributed by atoms with Gasteiger partial charge in [0.25, 0.3) is 5.69 Å². The van der Waals surface area contributed by atoms with E-state index in [-0.39, 0.29) is 11.6 Å². The van der Waals surface area contributed by atoms with Crippen molar-refractivity contribution in [3.63, 3.8) is 0 Å². The summed E-state index contributed by atoms with van der Waals surface area (Å²) in [5.74, 6) is 1.15. The molecule has 1 saturated heterocycles. The number of non-ortho nitro benzene ring substituents is 1. The minimum atomic E-state index is -0.790. The summed E-state index contributed by atoms with van der Waals surface area (Å²) in [5, 5.41) is 14.1. The van der Waals surface area contributed by atoms with Crippen molar-refractivity contribution in [1.82, 2.24) is 0 Å². The van der Waals surface area contributed by atoms with Crippen molar-refractivity contribution in [2.45, 2.75) is 46.0 Å². The van der Waals surface area contributed by atoms with Crippen molar-refractivity contribution in [2.75, 3.05) is 25.1 Å². The molecule has 1 aliphatic heterocycles. The van der Waals surface area contributed by atoms with Gasteiger partial charge in [-0.3, -0.25) is 14.9 Å². The first kappa shape index (κ1) is 22.7. The number of amides is 1. The second-order valence-corrected chi connectivity index (χ2v) is 8.60. The molecule has 1 N–H and O–H groups in total. The van der Waals surface area contributed by atoms with E-state index in [1.165, 1.54) is 12.1 Å². The predicted molar refractivity (Wildman–Crippen MR) is 120 cm³/mol. The van der Waals surface area contributed by atoms with Crippen LogP contribution in [0.25, 0.3) is 0 Å². The second kappa shape index (κ2) is 9.47. The predicted octanol–water partition coefficient (Wildman–Crippen LogP) is 4.93. The average molecular weight is 427 g/mol. The summed E-state index contributed by atoms with van der Waals surface area (Å²) < 4.78 is 11.4. The lowest BCUT2D eigenvalue weighted by Crippen LogP contribution is -2.44. The molecular weight excluding hydrogens is 396 g/mol. The lowest BCUT2D eigenvalue weighted by molar-refractivity contribution is -0.384. The van der Waals surface area contributed by atoms with Crippen LogP contribution in [0.3, 0.4) is 0 Å². The number of rotatable bonds is 7. The van der Waals surface area contributed by atoms with Crippen LogP contribution in [-0.2, 0) is 14.9 Å². The van der Waals surface area contributed by atoms with E-state index < -0.39 is 10.3 Å². The number of nitro benzene ring substituents is 1. The van der Waals surface area contributed by atoms with Crippen LogP contribution in [0, 0.1) is 29.9 Å². The molecule has 1 fully saturated rings. The Balaban J connectivity index is 1.87. The van der Waals surface area contributed by atoms with Gasteiger partial charge in [0.05, 0.1) is 16.9 Å². The number of carbonyl (C=O) groups excluding carboxylic acids is 1. The smallest absolute Gasteiger partial charge is 0.269 e.